The zero-order chi connectivity index (χ0) is 27.0. The molecule has 1 aromatic carbocycles. The Hall–Kier alpha value is -3.92. The third kappa shape index (κ3) is 7.78. The molecule has 1 aliphatic carbocycles. The summed E-state index contributed by atoms with van der Waals surface area (Å²) in [5, 5.41) is 5.86. The van der Waals surface area contributed by atoms with E-state index in [-0.39, 0.29) is 35.1 Å². The van der Waals surface area contributed by atoms with E-state index in [9.17, 15) is 13.6 Å². The van der Waals surface area contributed by atoms with E-state index in [0.29, 0.717) is 30.0 Å². The number of hydrogen-bond acceptors (Lipinski definition) is 6. The van der Waals surface area contributed by atoms with Crippen molar-refractivity contribution in [1.29, 1.82) is 0 Å². The molecule has 0 radical (unpaired) electrons. The standard InChI is InChI=1S/C26H28F2N4O2.CH3NO/c1-26(2,34-3)8-11-30-23-14-19(20(27)15-21(23)28)17-6-9-29-22(12-17)18-7-10-31-24(13-18)32-25(33)16-4-5-16;2-1-3/h6-7,9-10,12-16,30H,4-5,8,11H2,1-3H3,(H,31,32,33);1H,(H2,2,3). The number of carbonyl (C=O) groups excluding carboxylic acids is 2. The molecule has 37 heavy (non-hydrogen) atoms. The van der Waals surface area contributed by atoms with Gasteiger partial charge in [0.1, 0.15) is 17.5 Å². The lowest BCUT2D eigenvalue weighted by atomic mass is 10.0. The molecule has 1 fully saturated rings. The van der Waals surface area contributed by atoms with E-state index < -0.39 is 11.6 Å². The normalized spacial score (nSPS) is 12.8. The SMILES string of the molecule is COC(C)(C)CCNc1cc(-c2ccnc(-c3ccnc(NC(=O)C4CC4)c3)c2)c(F)cc1F.NC=O. The number of nitrogens with two attached hydrogens (primary N) is 1. The number of pyridine rings is 2. The van der Waals surface area contributed by atoms with Gasteiger partial charge in [-0.25, -0.2) is 13.8 Å². The molecule has 2 aromatic heterocycles. The predicted molar refractivity (Wildman–Crippen MR) is 139 cm³/mol. The second kappa shape index (κ2) is 12.4. The van der Waals surface area contributed by atoms with Crippen molar-refractivity contribution in [2.24, 2.45) is 11.7 Å². The number of anilines is 2. The van der Waals surface area contributed by atoms with Crippen LogP contribution in [-0.2, 0) is 14.3 Å². The minimum absolute atomic E-state index is 0.0336. The van der Waals surface area contributed by atoms with Gasteiger partial charge in [0.15, 0.2) is 0 Å². The first kappa shape index (κ1) is 27.7. The molecule has 196 valence electrons. The van der Waals surface area contributed by atoms with Crippen LogP contribution in [0.25, 0.3) is 22.4 Å². The van der Waals surface area contributed by atoms with E-state index in [1.807, 2.05) is 13.8 Å². The first-order chi connectivity index (χ1) is 17.7. The van der Waals surface area contributed by atoms with Crippen LogP contribution in [0.1, 0.15) is 33.1 Å². The van der Waals surface area contributed by atoms with Crippen LogP contribution in [0.5, 0.6) is 0 Å². The monoisotopic (exact) mass is 511 g/mol. The van der Waals surface area contributed by atoms with Crippen molar-refractivity contribution in [3.8, 4) is 22.4 Å². The van der Waals surface area contributed by atoms with E-state index in [4.69, 9.17) is 9.53 Å². The van der Waals surface area contributed by atoms with Gasteiger partial charge in [0, 0.05) is 49.2 Å². The van der Waals surface area contributed by atoms with Gasteiger partial charge in [-0.05, 0) is 69.0 Å². The molecule has 0 saturated heterocycles. The number of amides is 2. The molecule has 10 heteroatoms. The minimum atomic E-state index is -0.662. The zero-order valence-corrected chi connectivity index (χ0v) is 21.1. The molecule has 4 rings (SSSR count). The lowest BCUT2D eigenvalue weighted by Crippen LogP contribution is -2.25. The van der Waals surface area contributed by atoms with Gasteiger partial charge in [0.2, 0.25) is 12.3 Å². The Balaban J connectivity index is 0.00000121. The Morgan fingerprint density at radius 2 is 1.78 bits per heavy atom. The summed E-state index contributed by atoms with van der Waals surface area (Å²) in [6, 6.07) is 9.27. The van der Waals surface area contributed by atoms with Gasteiger partial charge in [0.25, 0.3) is 0 Å². The number of nitrogens with zero attached hydrogens (tertiary/aromatic N) is 2. The van der Waals surface area contributed by atoms with Gasteiger partial charge in [-0.15, -0.1) is 0 Å². The lowest BCUT2D eigenvalue weighted by Gasteiger charge is -2.23. The fourth-order valence-corrected chi connectivity index (χ4v) is 3.49. The number of benzene rings is 1. The molecule has 2 heterocycles. The Bertz CT molecular complexity index is 1250. The Labute approximate surface area is 214 Å². The van der Waals surface area contributed by atoms with Gasteiger partial charge >= 0.3 is 0 Å². The summed E-state index contributed by atoms with van der Waals surface area (Å²) in [7, 11) is 1.63. The molecule has 0 spiro atoms. The van der Waals surface area contributed by atoms with Crippen molar-refractivity contribution >= 4 is 23.8 Å². The highest BCUT2D eigenvalue weighted by Crippen LogP contribution is 2.32. The fourth-order valence-electron chi connectivity index (χ4n) is 3.49. The number of nitrogens with one attached hydrogen (secondary N) is 2. The van der Waals surface area contributed by atoms with Gasteiger partial charge in [-0.1, -0.05) is 0 Å². The van der Waals surface area contributed by atoms with Crippen LogP contribution >= 0.6 is 0 Å². The minimum Gasteiger partial charge on any atom is -0.383 e. The van der Waals surface area contributed by atoms with E-state index in [2.05, 4.69) is 26.3 Å². The molecule has 1 aliphatic rings. The predicted octanol–water partition coefficient (Wildman–Crippen LogP) is 4.77. The Morgan fingerprint density at radius 1 is 1.11 bits per heavy atom. The number of methoxy groups -OCH3 is 1. The van der Waals surface area contributed by atoms with Crippen LogP contribution in [0.4, 0.5) is 20.3 Å². The molecule has 2 amide bonds. The number of ether oxygens (including phenoxy) is 1. The van der Waals surface area contributed by atoms with Crippen LogP contribution in [0, 0.1) is 17.6 Å². The maximum atomic E-state index is 14.7. The van der Waals surface area contributed by atoms with E-state index >= 15 is 0 Å². The third-order valence-corrected chi connectivity index (χ3v) is 5.98. The summed E-state index contributed by atoms with van der Waals surface area (Å²) in [4.78, 5) is 29.2. The number of primary amides is 1. The van der Waals surface area contributed by atoms with Crippen LogP contribution in [-0.4, -0.2) is 41.5 Å². The Kier molecular flexibility index (Phi) is 9.24. The summed E-state index contributed by atoms with van der Waals surface area (Å²) in [6.45, 7) is 4.36. The molecule has 1 saturated carbocycles. The summed E-state index contributed by atoms with van der Waals surface area (Å²) in [6.07, 6.45) is 5.87. The maximum Gasteiger partial charge on any atom is 0.228 e. The van der Waals surface area contributed by atoms with E-state index in [1.165, 1.54) is 6.07 Å². The third-order valence-electron chi connectivity index (χ3n) is 5.98. The zero-order valence-electron chi connectivity index (χ0n) is 21.1. The average molecular weight is 512 g/mol. The number of halogens is 2. The molecular weight excluding hydrogens is 480 g/mol. The lowest BCUT2D eigenvalue weighted by molar-refractivity contribution is -0.117. The summed E-state index contributed by atoms with van der Waals surface area (Å²) in [5.41, 5.74) is 6.16. The first-order valence-corrected chi connectivity index (χ1v) is 11.8. The van der Waals surface area contributed by atoms with Gasteiger partial charge in [-0.2, -0.15) is 0 Å². The number of hydrogen-bond donors (Lipinski definition) is 3. The Morgan fingerprint density at radius 3 is 2.46 bits per heavy atom. The van der Waals surface area contributed by atoms with Crippen LogP contribution in [0.3, 0.4) is 0 Å². The molecule has 0 aliphatic heterocycles. The molecule has 0 bridgehead atoms. The van der Waals surface area contributed by atoms with Crippen LogP contribution < -0.4 is 16.4 Å². The smallest absolute Gasteiger partial charge is 0.228 e. The molecule has 8 nitrogen and oxygen atoms in total. The molecule has 4 N–H and O–H groups in total. The topological polar surface area (TPSA) is 119 Å². The highest BCUT2D eigenvalue weighted by atomic mass is 19.1. The highest BCUT2D eigenvalue weighted by molar-refractivity contribution is 5.93. The fraction of sp³-hybridized carbons (Fsp3) is 0.333. The van der Waals surface area contributed by atoms with Crippen molar-refractivity contribution in [3.63, 3.8) is 0 Å². The number of carbonyl (C=O) groups is 2. The van der Waals surface area contributed by atoms with Crippen molar-refractivity contribution in [2.45, 2.75) is 38.7 Å². The molecule has 0 unspecified atom stereocenters. The second-order valence-corrected chi connectivity index (χ2v) is 9.21. The quantitative estimate of drug-likeness (QED) is 0.356. The van der Waals surface area contributed by atoms with Crippen molar-refractivity contribution in [3.05, 3.63) is 60.4 Å². The van der Waals surface area contributed by atoms with Crippen molar-refractivity contribution in [2.75, 3.05) is 24.3 Å². The largest absolute Gasteiger partial charge is 0.383 e. The van der Waals surface area contributed by atoms with E-state index in [0.717, 1.165) is 24.5 Å². The highest BCUT2D eigenvalue weighted by Gasteiger charge is 2.29. The summed E-state index contributed by atoms with van der Waals surface area (Å²) < 4.78 is 34.5. The summed E-state index contributed by atoms with van der Waals surface area (Å²) in [5.74, 6) is -0.842. The van der Waals surface area contributed by atoms with Crippen molar-refractivity contribution in [1.82, 2.24) is 9.97 Å². The average Bonchev–Trinajstić information content (AvgIpc) is 3.72. The van der Waals surface area contributed by atoms with Gasteiger partial charge in [-0.3, -0.25) is 14.6 Å². The van der Waals surface area contributed by atoms with Crippen LogP contribution in [0.2, 0.25) is 0 Å². The number of rotatable bonds is 9. The summed E-state index contributed by atoms with van der Waals surface area (Å²) >= 11 is 0. The van der Waals surface area contributed by atoms with Crippen molar-refractivity contribution < 1.29 is 23.1 Å². The number of aromatic nitrogens is 2. The van der Waals surface area contributed by atoms with Gasteiger partial charge < -0.3 is 21.1 Å². The molecule has 3 aromatic rings. The second-order valence-electron chi connectivity index (χ2n) is 9.21. The first-order valence-electron chi connectivity index (χ1n) is 11.8. The maximum absolute atomic E-state index is 14.7. The van der Waals surface area contributed by atoms with Gasteiger partial charge in [0.05, 0.1) is 17.0 Å². The van der Waals surface area contributed by atoms with E-state index in [1.54, 1.807) is 43.8 Å². The molecular formula is C27H31F2N5O3. The molecule has 0 atom stereocenters. The van der Waals surface area contributed by atoms with Crippen LogP contribution in [0.15, 0.2) is 48.8 Å².